The highest BCUT2D eigenvalue weighted by Gasteiger charge is 2.20. The Bertz CT molecular complexity index is 503. The zero-order valence-corrected chi connectivity index (χ0v) is 12.7. The first-order valence-electron chi connectivity index (χ1n) is 6.77. The first-order chi connectivity index (χ1) is 10.3. The molecule has 0 saturated carbocycles. The number of methoxy groups -OCH3 is 1. The van der Waals surface area contributed by atoms with Gasteiger partial charge in [0.2, 0.25) is 0 Å². The summed E-state index contributed by atoms with van der Waals surface area (Å²) < 4.78 is 32.9. The van der Waals surface area contributed by atoms with Gasteiger partial charge in [0.1, 0.15) is 5.75 Å². The fourth-order valence-electron chi connectivity index (χ4n) is 1.85. The number of rotatable bonds is 7. The van der Waals surface area contributed by atoms with Gasteiger partial charge >= 0.3 is 12.6 Å². The molecule has 0 unspecified atom stereocenters. The van der Waals surface area contributed by atoms with Gasteiger partial charge in [-0.15, -0.1) is 0 Å². The van der Waals surface area contributed by atoms with Crippen LogP contribution in [0.4, 0.5) is 8.78 Å². The van der Waals surface area contributed by atoms with E-state index >= 15 is 0 Å². The molecule has 0 fully saturated rings. The number of amides is 1. The Morgan fingerprint density at radius 3 is 2.23 bits per heavy atom. The lowest BCUT2D eigenvalue weighted by Crippen LogP contribution is -2.38. The molecule has 7 heteroatoms. The Labute approximate surface area is 127 Å². The predicted molar refractivity (Wildman–Crippen MR) is 75.9 cm³/mol. The average molecular weight is 315 g/mol. The summed E-state index contributed by atoms with van der Waals surface area (Å²) in [5.74, 6) is -0.709. The lowest BCUT2D eigenvalue weighted by Gasteiger charge is -2.26. The van der Waals surface area contributed by atoms with E-state index < -0.39 is 12.6 Å². The van der Waals surface area contributed by atoms with Gasteiger partial charge in [0.25, 0.3) is 5.91 Å². The van der Waals surface area contributed by atoms with Gasteiger partial charge in [-0.05, 0) is 38.1 Å². The van der Waals surface area contributed by atoms with Crippen LogP contribution in [0.3, 0.4) is 0 Å². The summed E-state index contributed by atoms with van der Waals surface area (Å²) in [6, 6.07) is 5.31. The minimum absolute atomic E-state index is 0.0165. The average Bonchev–Trinajstić information content (AvgIpc) is 2.46. The molecule has 5 nitrogen and oxygen atoms in total. The molecule has 0 spiro atoms. The molecule has 0 N–H and O–H groups in total. The molecule has 0 bridgehead atoms. The van der Waals surface area contributed by atoms with Crippen LogP contribution in [0.2, 0.25) is 0 Å². The van der Waals surface area contributed by atoms with E-state index in [0.717, 1.165) is 0 Å². The molecule has 1 amide bonds. The molecule has 1 rings (SSSR count). The van der Waals surface area contributed by atoms with E-state index in [9.17, 15) is 18.4 Å². The summed E-state index contributed by atoms with van der Waals surface area (Å²) >= 11 is 0. The summed E-state index contributed by atoms with van der Waals surface area (Å²) in [7, 11) is 1.28. The van der Waals surface area contributed by atoms with E-state index in [1.165, 1.54) is 36.3 Å². The molecule has 0 aromatic heterocycles. The van der Waals surface area contributed by atoms with E-state index in [2.05, 4.69) is 9.47 Å². The molecule has 0 aliphatic rings. The quantitative estimate of drug-likeness (QED) is 0.726. The van der Waals surface area contributed by atoms with Crippen LogP contribution in [0.1, 0.15) is 30.6 Å². The van der Waals surface area contributed by atoms with Crippen LogP contribution in [0, 0.1) is 0 Å². The maximum Gasteiger partial charge on any atom is 0.387 e. The predicted octanol–water partition coefficient (Wildman–Crippen LogP) is 2.70. The summed E-state index contributed by atoms with van der Waals surface area (Å²) in [6.45, 7) is 0.958. The standard InChI is InChI=1S/C15H19F2NO4/c1-10(2)18(9-8-13(19)21-3)14(20)11-4-6-12(7-5-11)22-15(16)17/h4-7,10,15H,8-9H2,1-3H3. The number of hydrogen-bond donors (Lipinski definition) is 0. The lowest BCUT2D eigenvalue weighted by atomic mass is 10.1. The highest BCUT2D eigenvalue weighted by atomic mass is 19.3. The molecule has 0 radical (unpaired) electrons. The number of nitrogens with zero attached hydrogens (tertiary/aromatic N) is 1. The lowest BCUT2D eigenvalue weighted by molar-refractivity contribution is -0.140. The molecule has 0 aliphatic heterocycles. The molecule has 0 saturated heterocycles. The summed E-state index contributed by atoms with van der Waals surface area (Å²) in [4.78, 5) is 25.1. The van der Waals surface area contributed by atoms with E-state index in [-0.39, 0.29) is 30.7 Å². The third-order valence-corrected chi connectivity index (χ3v) is 3.00. The van der Waals surface area contributed by atoms with Crippen molar-refractivity contribution >= 4 is 11.9 Å². The molecule has 0 atom stereocenters. The van der Waals surface area contributed by atoms with Crippen molar-refractivity contribution in [3.63, 3.8) is 0 Å². The van der Waals surface area contributed by atoms with Gasteiger partial charge in [-0.25, -0.2) is 0 Å². The van der Waals surface area contributed by atoms with Crippen molar-refractivity contribution in [2.24, 2.45) is 0 Å². The van der Waals surface area contributed by atoms with Crippen LogP contribution in [0.15, 0.2) is 24.3 Å². The Morgan fingerprint density at radius 2 is 1.77 bits per heavy atom. The SMILES string of the molecule is COC(=O)CCN(C(=O)c1ccc(OC(F)F)cc1)C(C)C. The minimum atomic E-state index is -2.91. The van der Waals surface area contributed by atoms with Gasteiger partial charge in [0.15, 0.2) is 0 Å². The van der Waals surface area contributed by atoms with Crippen LogP contribution in [-0.2, 0) is 9.53 Å². The monoisotopic (exact) mass is 315 g/mol. The zero-order chi connectivity index (χ0) is 16.7. The summed E-state index contributed by atoms with van der Waals surface area (Å²) in [5, 5.41) is 0. The van der Waals surface area contributed by atoms with Gasteiger partial charge in [-0.2, -0.15) is 8.78 Å². The second-order valence-corrected chi connectivity index (χ2v) is 4.82. The van der Waals surface area contributed by atoms with Crippen molar-refractivity contribution in [2.45, 2.75) is 32.9 Å². The van der Waals surface area contributed by atoms with Gasteiger partial charge < -0.3 is 14.4 Å². The molecule has 0 heterocycles. The van der Waals surface area contributed by atoms with Crippen molar-refractivity contribution in [3.8, 4) is 5.75 Å². The normalized spacial score (nSPS) is 10.7. The Kier molecular flexibility index (Phi) is 6.75. The highest BCUT2D eigenvalue weighted by molar-refractivity contribution is 5.94. The molecule has 1 aromatic carbocycles. The summed E-state index contributed by atoms with van der Waals surface area (Å²) in [6.07, 6.45) is 0.0903. The minimum Gasteiger partial charge on any atom is -0.469 e. The number of halogens is 2. The summed E-state index contributed by atoms with van der Waals surface area (Å²) in [5.41, 5.74) is 0.334. The molecular weight excluding hydrogens is 296 g/mol. The number of benzene rings is 1. The van der Waals surface area contributed by atoms with Gasteiger partial charge in [0.05, 0.1) is 13.5 Å². The van der Waals surface area contributed by atoms with Crippen molar-refractivity contribution in [1.29, 1.82) is 0 Å². The van der Waals surface area contributed by atoms with Crippen LogP contribution in [0.5, 0.6) is 5.75 Å². The largest absolute Gasteiger partial charge is 0.469 e. The second-order valence-electron chi connectivity index (χ2n) is 4.82. The Hall–Kier alpha value is -2.18. The Balaban J connectivity index is 2.78. The van der Waals surface area contributed by atoms with Crippen molar-refractivity contribution in [3.05, 3.63) is 29.8 Å². The third-order valence-electron chi connectivity index (χ3n) is 3.00. The number of esters is 1. The van der Waals surface area contributed by atoms with Crippen LogP contribution < -0.4 is 4.74 Å². The molecular formula is C15H19F2NO4. The number of carbonyl (C=O) groups is 2. The molecule has 122 valence electrons. The fraction of sp³-hybridized carbons (Fsp3) is 0.467. The second kappa shape index (κ2) is 8.31. The van der Waals surface area contributed by atoms with E-state index in [0.29, 0.717) is 5.56 Å². The third kappa shape index (κ3) is 5.31. The smallest absolute Gasteiger partial charge is 0.387 e. The van der Waals surface area contributed by atoms with Crippen molar-refractivity contribution in [1.82, 2.24) is 4.90 Å². The Morgan fingerprint density at radius 1 is 1.18 bits per heavy atom. The fourth-order valence-corrected chi connectivity index (χ4v) is 1.85. The molecule has 22 heavy (non-hydrogen) atoms. The molecule has 0 aliphatic carbocycles. The number of hydrogen-bond acceptors (Lipinski definition) is 4. The van der Waals surface area contributed by atoms with E-state index in [4.69, 9.17) is 0 Å². The van der Waals surface area contributed by atoms with Gasteiger partial charge in [0, 0.05) is 18.2 Å². The maximum absolute atomic E-state index is 12.4. The first-order valence-corrected chi connectivity index (χ1v) is 6.77. The van der Waals surface area contributed by atoms with Crippen LogP contribution in [-0.4, -0.2) is 43.1 Å². The maximum atomic E-state index is 12.4. The zero-order valence-electron chi connectivity index (χ0n) is 12.7. The highest BCUT2D eigenvalue weighted by Crippen LogP contribution is 2.17. The van der Waals surface area contributed by atoms with Crippen LogP contribution in [0.25, 0.3) is 0 Å². The molecule has 1 aromatic rings. The van der Waals surface area contributed by atoms with Crippen LogP contribution >= 0.6 is 0 Å². The number of carbonyl (C=O) groups excluding carboxylic acids is 2. The van der Waals surface area contributed by atoms with E-state index in [1.54, 1.807) is 0 Å². The van der Waals surface area contributed by atoms with Gasteiger partial charge in [-0.1, -0.05) is 0 Å². The van der Waals surface area contributed by atoms with Crippen molar-refractivity contribution < 1.29 is 27.8 Å². The first kappa shape index (κ1) is 17.9. The van der Waals surface area contributed by atoms with E-state index in [1.807, 2.05) is 13.8 Å². The van der Waals surface area contributed by atoms with Crippen molar-refractivity contribution in [2.75, 3.05) is 13.7 Å². The number of alkyl halides is 2. The topological polar surface area (TPSA) is 55.8 Å². The number of ether oxygens (including phenoxy) is 2. The van der Waals surface area contributed by atoms with Gasteiger partial charge in [-0.3, -0.25) is 9.59 Å².